The van der Waals surface area contributed by atoms with Crippen molar-refractivity contribution in [1.82, 2.24) is 28.8 Å². The van der Waals surface area contributed by atoms with Crippen molar-refractivity contribution >= 4 is 21.6 Å². The average molecular weight is 845 g/mol. The Morgan fingerprint density at radius 3 is 2.42 bits per heavy atom. The van der Waals surface area contributed by atoms with E-state index in [9.17, 15) is 31.5 Å². The highest BCUT2D eigenvalue weighted by Gasteiger charge is 2.46. The molecule has 0 radical (unpaired) electrons. The molecule has 0 amide bonds. The van der Waals surface area contributed by atoms with Gasteiger partial charge in [-0.1, -0.05) is 36.3 Å². The van der Waals surface area contributed by atoms with Crippen molar-refractivity contribution in [2.24, 2.45) is 5.41 Å². The van der Waals surface area contributed by atoms with Crippen LogP contribution in [-0.2, 0) is 25.7 Å². The number of aryl methyl sites for hydroxylation is 2. The minimum Gasteiger partial charge on any atom is -0.481 e. The van der Waals surface area contributed by atoms with E-state index in [1.807, 2.05) is 20.8 Å². The number of hydrogen-bond acceptors (Lipinski definition) is 10. The molecule has 0 aromatic carbocycles. The fraction of sp³-hybridized carbons (Fsp3) is 0.571. The Balaban J connectivity index is 1.29. The van der Waals surface area contributed by atoms with E-state index in [4.69, 9.17) is 19.2 Å². The lowest BCUT2D eigenvalue weighted by atomic mass is 9.70. The molecule has 3 aliphatic heterocycles. The van der Waals surface area contributed by atoms with Gasteiger partial charge in [0.15, 0.2) is 5.65 Å². The largest absolute Gasteiger partial charge is 0.481 e. The third-order valence-corrected chi connectivity index (χ3v) is 13.7. The van der Waals surface area contributed by atoms with Crippen LogP contribution in [0.1, 0.15) is 95.2 Å². The van der Waals surface area contributed by atoms with Gasteiger partial charge in [0.05, 0.1) is 25.2 Å². The van der Waals surface area contributed by atoms with Crippen LogP contribution in [-0.4, -0.2) is 106 Å². The SMILES string of the molecule is C=C(/C=C\C(C)=C(/C)CN1CC2(CCOCC2)Oc2nc(OC(C)CN3CCCCC3)c(C)cc2S1(=O)=O)[C@@H](c1ccn2c(C(F)(F)F)nnc2c1C)C(C)(C)C(=O)O. The highest BCUT2D eigenvalue weighted by atomic mass is 32.2. The number of rotatable bonds is 12. The number of ether oxygens (including phenoxy) is 3. The molecule has 13 nitrogen and oxygen atoms in total. The Morgan fingerprint density at radius 1 is 1.10 bits per heavy atom. The summed E-state index contributed by atoms with van der Waals surface area (Å²) in [5.41, 5.74) is 0.756. The van der Waals surface area contributed by atoms with Crippen molar-refractivity contribution in [2.45, 2.75) is 109 Å². The molecule has 2 saturated heterocycles. The number of carboxylic acid groups (broad SMARTS) is 1. The van der Waals surface area contributed by atoms with Crippen LogP contribution in [0.5, 0.6) is 11.8 Å². The minimum absolute atomic E-state index is 0.0102. The molecule has 59 heavy (non-hydrogen) atoms. The monoisotopic (exact) mass is 844 g/mol. The number of fused-ring (bicyclic) bond motifs is 2. The lowest BCUT2D eigenvalue weighted by Crippen LogP contribution is -2.51. The van der Waals surface area contributed by atoms with Crippen molar-refractivity contribution < 1.29 is 45.7 Å². The summed E-state index contributed by atoms with van der Waals surface area (Å²) < 4.78 is 90.9. The zero-order chi connectivity index (χ0) is 43.1. The molecule has 0 bridgehead atoms. The molecule has 3 aliphatic rings. The number of aromatic nitrogens is 4. The summed E-state index contributed by atoms with van der Waals surface area (Å²) in [6.07, 6.45) is 4.13. The third-order valence-electron chi connectivity index (χ3n) is 11.9. The number of allylic oxidation sites excluding steroid dienone is 4. The molecular weight excluding hydrogens is 790 g/mol. The molecule has 6 rings (SSSR count). The van der Waals surface area contributed by atoms with Gasteiger partial charge in [0, 0.05) is 43.6 Å². The number of hydrogen-bond donors (Lipinski definition) is 1. The number of alkyl halides is 3. The molecule has 2 atom stereocenters. The summed E-state index contributed by atoms with van der Waals surface area (Å²) in [5, 5.41) is 17.4. The van der Waals surface area contributed by atoms with Crippen LogP contribution in [0, 0.1) is 19.3 Å². The molecule has 1 spiro atoms. The van der Waals surface area contributed by atoms with Crippen molar-refractivity contribution in [3.63, 3.8) is 0 Å². The van der Waals surface area contributed by atoms with E-state index in [0.717, 1.165) is 36.9 Å². The zero-order valence-electron chi connectivity index (χ0n) is 34.9. The number of aliphatic carboxylic acids is 1. The normalized spacial score (nSPS) is 20.4. The van der Waals surface area contributed by atoms with Crippen molar-refractivity contribution in [3.05, 3.63) is 76.3 Å². The van der Waals surface area contributed by atoms with Gasteiger partial charge in [-0.2, -0.15) is 22.5 Å². The molecule has 2 fully saturated rings. The number of sulfonamides is 1. The van der Waals surface area contributed by atoms with E-state index in [1.54, 1.807) is 32.1 Å². The molecule has 0 aliphatic carbocycles. The number of likely N-dealkylation sites (tertiary alicyclic amines) is 1. The fourth-order valence-corrected chi connectivity index (χ4v) is 9.91. The Morgan fingerprint density at radius 2 is 1.78 bits per heavy atom. The van der Waals surface area contributed by atoms with Gasteiger partial charge in [0.25, 0.3) is 0 Å². The van der Waals surface area contributed by atoms with Gasteiger partial charge in [0.2, 0.25) is 27.6 Å². The van der Waals surface area contributed by atoms with Crippen LogP contribution in [0.25, 0.3) is 5.65 Å². The Bertz CT molecular complexity index is 2260. The number of nitrogens with zero attached hydrogens (tertiary/aromatic N) is 6. The molecule has 6 heterocycles. The molecule has 1 unspecified atom stereocenters. The summed E-state index contributed by atoms with van der Waals surface area (Å²) in [7, 11) is -4.14. The quantitative estimate of drug-likeness (QED) is 0.183. The summed E-state index contributed by atoms with van der Waals surface area (Å²) in [5.74, 6) is -2.86. The molecule has 0 saturated carbocycles. The average Bonchev–Trinajstić information content (AvgIpc) is 3.60. The van der Waals surface area contributed by atoms with Gasteiger partial charge in [-0.25, -0.2) is 8.42 Å². The van der Waals surface area contributed by atoms with Crippen LogP contribution in [0.3, 0.4) is 0 Å². The summed E-state index contributed by atoms with van der Waals surface area (Å²) >= 11 is 0. The molecular formula is C42H55F3N6O7S. The lowest BCUT2D eigenvalue weighted by molar-refractivity contribution is -0.147. The number of piperidine rings is 1. The van der Waals surface area contributed by atoms with Crippen LogP contribution < -0.4 is 9.47 Å². The second kappa shape index (κ2) is 17.0. The summed E-state index contributed by atoms with van der Waals surface area (Å²) in [6, 6.07) is 3.02. The van der Waals surface area contributed by atoms with E-state index >= 15 is 0 Å². The number of halogens is 3. The van der Waals surface area contributed by atoms with Gasteiger partial charge >= 0.3 is 12.1 Å². The first kappa shape index (κ1) is 44.2. The predicted molar refractivity (Wildman–Crippen MR) is 215 cm³/mol. The first-order valence-electron chi connectivity index (χ1n) is 20.0. The zero-order valence-corrected chi connectivity index (χ0v) is 35.7. The molecule has 3 aromatic rings. The molecule has 322 valence electrons. The molecule has 3 aromatic heterocycles. The predicted octanol–water partition coefficient (Wildman–Crippen LogP) is 7.29. The Kier molecular flexibility index (Phi) is 12.7. The third kappa shape index (κ3) is 9.22. The number of carbonyl (C=O) groups is 1. The smallest absolute Gasteiger partial charge is 0.452 e. The van der Waals surface area contributed by atoms with Crippen LogP contribution in [0.2, 0.25) is 0 Å². The first-order valence-corrected chi connectivity index (χ1v) is 21.4. The maximum atomic E-state index is 14.6. The van der Waals surface area contributed by atoms with Crippen molar-refractivity contribution in [2.75, 3.05) is 45.9 Å². The number of pyridine rings is 2. The highest BCUT2D eigenvalue weighted by molar-refractivity contribution is 7.89. The fourth-order valence-electron chi connectivity index (χ4n) is 8.23. The Labute approximate surface area is 344 Å². The summed E-state index contributed by atoms with van der Waals surface area (Å²) in [6.45, 7) is 19.9. The van der Waals surface area contributed by atoms with Gasteiger partial charge in [-0.05, 0) is 103 Å². The summed E-state index contributed by atoms with van der Waals surface area (Å²) in [4.78, 5) is 19.7. The van der Waals surface area contributed by atoms with Gasteiger partial charge in [0.1, 0.15) is 16.6 Å². The number of carboxylic acids is 1. The van der Waals surface area contributed by atoms with Gasteiger partial charge in [-0.3, -0.25) is 14.1 Å². The van der Waals surface area contributed by atoms with Crippen LogP contribution in [0.4, 0.5) is 13.2 Å². The second-order valence-electron chi connectivity index (χ2n) is 16.8. The second-order valence-corrected chi connectivity index (χ2v) is 18.7. The van der Waals surface area contributed by atoms with E-state index in [0.29, 0.717) is 65.3 Å². The maximum Gasteiger partial charge on any atom is 0.452 e. The highest BCUT2D eigenvalue weighted by Crippen LogP contribution is 2.44. The van der Waals surface area contributed by atoms with Gasteiger partial charge in [-0.15, -0.1) is 10.2 Å². The van der Waals surface area contributed by atoms with Gasteiger partial charge < -0.3 is 19.3 Å². The van der Waals surface area contributed by atoms with E-state index in [2.05, 4.69) is 21.7 Å². The lowest BCUT2D eigenvalue weighted by Gasteiger charge is -2.38. The van der Waals surface area contributed by atoms with Crippen LogP contribution >= 0.6 is 0 Å². The topological polar surface area (TPSA) is 149 Å². The Hall–Kier alpha value is -4.32. The van der Waals surface area contributed by atoms with Crippen molar-refractivity contribution in [1.29, 1.82) is 0 Å². The maximum absolute atomic E-state index is 14.6. The minimum atomic E-state index is -4.74. The van der Waals surface area contributed by atoms with E-state index < -0.39 is 44.9 Å². The van der Waals surface area contributed by atoms with Crippen molar-refractivity contribution in [3.8, 4) is 11.8 Å². The van der Waals surface area contributed by atoms with E-state index in [-0.39, 0.29) is 35.6 Å². The molecule has 17 heteroatoms. The van der Waals surface area contributed by atoms with E-state index in [1.165, 1.54) is 36.8 Å². The first-order chi connectivity index (χ1) is 27.6. The molecule has 1 N–H and O–H groups in total. The van der Waals surface area contributed by atoms with Crippen LogP contribution in [0.15, 0.2) is 58.7 Å². The standard InChI is InChI=1S/C42H55F3N6O7S/c1-26(12-13-27(2)34(40(7,8)39(52)53)32-14-19-51-35(31(32)6)47-48-38(51)42(43,44)45)29(4)23-50-25-41(15-20-56-21-16-41)58-37-33(59(50,54)55)22-28(3)36(46-37)57-30(5)24-49-17-10-9-11-18-49/h12-14,19,22,30,34H,2,9-11,15-18,20-21,23-25H2,1,3-8H3,(H,52,53)/b13-12-,29-26+/t30?,34-/m0/s1.